The van der Waals surface area contributed by atoms with Crippen LogP contribution in [-0.4, -0.2) is 24.3 Å². The van der Waals surface area contributed by atoms with E-state index in [1.165, 1.54) is 6.07 Å². The van der Waals surface area contributed by atoms with Crippen molar-refractivity contribution in [1.82, 2.24) is 4.98 Å². The summed E-state index contributed by atoms with van der Waals surface area (Å²) in [6.07, 6.45) is 1.68. The van der Waals surface area contributed by atoms with Gasteiger partial charge in [0.2, 0.25) is 11.8 Å². The van der Waals surface area contributed by atoms with Crippen LogP contribution in [0.5, 0.6) is 5.88 Å². The van der Waals surface area contributed by atoms with Crippen molar-refractivity contribution < 1.29 is 13.9 Å². The Labute approximate surface area is 92.2 Å². The van der Waals surface area contributed by atoms with Crippen LogP contribution in [0.1, 0.15) is 12.8 Å². The summed E-state index contributed by atoms with van der Waals surface area (Å²) in [6.45, 7) is 1.36. The number of rotatable bonds is 2. The maximum Gasteiger partial charge on any atom is 0.234 e. The molecule has 3 nitrogen and oxygen atoms in total. The summed E-state index contributed by atoms with van der Waals surface area (Å²) in [5.41, 5.74) is 0. The number of hydrogen-bond acceptors (Lipinski definition) is 3. The Bertz CT molecular complexity index is 342. The van der Waals surface area contributed by atoms with Gasteiger partial charge in [0.05, 0.1) is 18.2 Å². The lowest BCUT2D eigenvalue weighted by molar-refractivity contribution is 0.0234. The van der Waals surface area contributed by atoms with Gasteiger partial charge in [0.15, 0.2) is 0 Å². The SMILES string of the molecule is Fc1nc(OC2CCOCC2)ccc1Cl. The third-order valence-electron chi connectivity index (χ3n) is 2.23. The number of ether oxygens (including phenoxy) is 2. The molecule has 5 heteroatoms. The van der Waals surface area contributed by atoms with Crippen molar-refractivity contribution >= 4 is 11.6 Å². The highest BCUT2D eigenvalue weighted by molar-refractivity contribution is 6.30. The number of aromatic nitrogens is 1. The van der Waals surface area contributed by atoms with Gasteiger partial charge in [-0.15, -0.1) is 0 Å². The molecule has 0 unspecified atom stereocenters. The fraction of sp³-hybridized carbons (Fsp3) is 0.500. The standard InChI is InChI=1S/C10H11ClFNO2/c11-8-1-2-9(13-10(8)12)15-7-3-5-14-6-4-7/h1-2,7H,3-6H2. The Kier molecular flexibility index (Phi) is 3.38. The highest BCUT2D eigenvalue weighted by atomic mass is 35.5. The third kappa shape index (κ3) is 2.79. The van der Waals surface area contributed by atoms with Gasteiger partial charge in [0.1, 0.15) is 6.10 Å². The molecule has 82 valence electrons. The molecule has 1 fully saturated rings. The molecule has 0 amide bonds. The van der Waals surface area contributed by atoms with Crippen molar-refractivity contribution in [2.24, 2.45) is 0 Å². The molecule has 0 bridgehead atoms. The van der Waals surface area contributed by atoms with Crippen LogP contribution in [0.2, 0.25) is 5.02 Å². The van der Waals surface area contributed by atoms with Crippen LogP contribution in [0.15, 0.2) is 12.1 Å². The second-order valence-electron chi connectivity index (χ2n) is 3.35. The first-order chi connectivity index (χ1) is 7.25. The van der Waals surface area contributed by atoms with Crippen molar-refractivity contribution in [1.29, 1.82) is 0 Å². The summed E-state index contributed by atoms with van der Waals surface area (Å²) < 4.78 is 23.7. The minimum atomic E-state index is -0.693. The molecule has 1 aromatic heterocycles. The molecule has 2 rings (SSSR count). The van der Waals surface area contributed by atoms with Crippen LogP contribution in [0.4, 0.5) is 4.39 Å². The number of halogens is 2. The third-order valence-corrected chi connectivity index (χ3v) is 2.52. The van der Waals surface area contributed by atoms with E-state index >= 15 is 0 Å². The molecule has 0 N–H and O–H groups in total. The Morgan fingerprint density at radius 3 is 2.80 bits per heavy atom. The average Bonchev–Trinajstić information content (AvgIpc) is 2.25. The fourth-order valence-electron chi connectivity index (χ4n) is 1.43. The zero-order valence-electron chi connectivity index (χ0n) is 8.08. The smallest absolute Gasteiger partial charge is 0.234 e. The highest BCUT2D eigenvalue weighted by Gasteiger charge is 2.16. The van der Waals surface area contributed by atoms with Gasteiger partial charge < -0.3 is 9.47 Å². The first kappa shape index (κ1) is 10.6. The van der Waals surface area contributed by atoms with Crippen LogP contribution in [0.3, 0.4) is 0 Å². The van der Waals surface area contributed by atoms with Crippen molar-refractivity contribution in [3.05, 3.63) is 23.1 Å². The molecule has 0 atom stereocenters. The Morgan fingerprint density at radius 2 is 2.13 bits per heavy atom. The van der Waals surface area contributed by atoms with Crippen molar-refractivity contribution in [3.63, 3.8) is 0 Å². The van der Waals surface area contributed by atoms with Crippen LogP contribution < -0.4 is 4.74 Å². The molecule has 1 aliphatic rings. The van der Waals surface area contributed by atoms with Crippen molar-refractivity contribution in [2.75, 3.05) is 13.2 Å². The first-order valence-corrected chi connectivity index (χ1v) is 5.20. The van der Waals surface area contributed by atoms with Gasteiger partial charge in [-0.25, -0.2) is 0 Å². The van der Waals surface area contributed by atoms with Crippen LogP contribution in [0.25, 0.3) is 0 Å². The van der Waals surface area contributed by atoms with E-state index in [4.69, 9.17) is 21.1 Å². The maximum absolute atomic E-state index is 13.0. The van der Waals surface area contributed by atoms with E-state index in [1.807, 2.05) is 0 Å². The molecule has 0 aliphatic carbocycles. The quantitative estimate of drug-likeness (QED) is 0.733. The summed E-state index contributed by atoms with van der Waals surface area (Å²) in [6, 6.07) is 3.01. The second kappa shape index (κ2) is 4.77. The second-order valence-corrected chi connectivity index (χ2v) is 3.76. The zero-order chi connectivity index (χ0) is 10.7. The van der Waals surface area contributed by atoms with E-state index in [9.17, 15) is 4.39 Å². The van der Waals surface area contributed by atoms with Gasteiger partial charge in [-0.3, -0.25) is 0 Å². The molecule has 0 aromatic carbocycles. The Hall–Kier alpha value is -0.870. The van der Waals surface area contributed by atoms with Crippen molar-refractivity contribution in [2.45, 2.75) is 18.9 Å². The van der Waals surface area contributed by atoms with E-state index in [0.29, 0.717) is 13.2 Å². The summed E-state index contributed by atoms with van der Waals surface area (Å²) in [5, 5.41) is 0.00864. The highest BCUT2D eigenvalue weighted by Crippen LogP contribution is 2.19. The molecular weight excluding hydrogens is 221 g/mol. The molecule has 0 radical (unpaired) electrons. The topological polar surface area (TPSA) is 31.4 Å². The summed E-state index contributed by atoms with van der Waals surface area (Å²) in [7, 11) is 0. The summed E-state index contributed by atoms with van der Waals surface area (Å²) in [4.78, 5) is 3.61. The van der Waals surface area contributed by atoms with Gasteiger partial charge >= 0.3 is 0 Å². The lowest BCUT2D eigenvalue weighted by Gasteiger charge is -2.22. The van der Waals surface area contributed by atoms with Crippen LogP contribution >= 0.6 is 11.6 Å². The van der Waals surface area contributed by atoms with Gasteiger partial charge in [0, 0.05) is 18.9 Å². The molecule has 15 heavy (non-hydrogen) atoms. The predicted octanol–water partition coefficient (Wildman–Crippen LogP) is 2.43. The van der Waals surface area contributed by atoms with Gasteiger partial charge in [-0.2, -0.15) is 9.37 Å². The molecule has 1 aromatic rings. The molecule has 1 saturated heterocycles. The molecule has 0 saturated carbocycles. The number of hydrogen-bond donors (Lipinski definition) is 0. The maximum atomic E-state index is 13.0. The molecule has 2 heterocycles. The van der Waals surface area contributed by atoms with E-state index in [-0.39, 0.29) is 17.0 Å². The minimum Gasteiger partial charge on any atom is -0.474 e. The van der Waals surface area contributed by atoms with E-state index < -0.39 is 5.95 Å². The van der Waals surface area contributed by atoms with E-state index in [0.717, 1.165) is 12.8 Å². The normalized spacial score (nSPS) is 17.7. The lowest BCUT2D eigenvalue weighted by Crippen LogP contribution is -2.26. The van der Waals surface area contributed by atoms with E-state index in [2.05, 4.69) is 4.98 Å². The Morgan fingerprint density at radius 1 is 1.40 bits per heavy atom. The van der Waals surface area contributed by atoms with Crippen LogP contribution in [-0.2, 0) is 4.74 Å². The predicted molar refractivity (Wildman–Crippen MR) is 53.7 cm³/mol. The largest absolute Gasteiger partial charge is 0.474 e. The first-order valence-electron chi connectivity index (χ1n) is 4.82. The number of nitrogens with zero attached hydrogens (tertiary/aromatic N) is 1. The van der Waals surface area contributed by atoms with Gasteiger partial charge in [-0.05, 0) is 6.07 Å². The minimum absolute atomic E-state index is 0.00864. The zero-order valence-corrected chi connectivity index (χ0v) is 8.84. The Balaban J connectivity index is 2.00. The molecule has 1 aliphatic heterocycles. The summed E-state index contributed by atoms with van der Waals surface area (Å²) >= 11 is 5.51. The van der Waals surface area contributed by atoms with Crippen LogP contribution in [0, 0.1) is 5.95 Å². The van der Waals surface area contributed by atoms with Gasteiger partial charge in [-0.1, -0.05) is 11.6 Å². The molecular formula is C10H11ClFNO2. The lowest BCUT2D eigenvalue weighted by atomic mass is 10.1. The van der Waals surface area contributed by atoms with Gasteiger partial charge in [0.25, 0.3) is 0 Å². The summed E-state index contributed by atoms with van der Waals surface area (Å²) in [5.74, 6) is -0.412. The number of pyridine rings is 1. The fourth-order valence-corrected chi connectivity index (χ4v) is 1.54. The monoisotopic (exact) mass is 231 g/mol. The van der Waals surface area contributed by atoms with Crippen molar-refractivity contribution in [3.8, 4) is 5.88 Å². The molecule has 0 spiro atoms. The van der Waals surface area contributed by atoms with E-state index in [1.54, 1.807) is 6.07 Å². The average molecular weight is 232 g/mol.